The van der Waals surface area contributed by atoms with Crippen molar-refractivity contribution < 1.29 is 4.42 Å². The first-order valence-electron chi connectivity index (χ1n) is 19.7. The molecular formula is C54H38N2O. The maximum atomic E-state index is 6.23. The lowest BCUT2D eigenvalue weighted by Crippen LogP contribution is -2.28. The van der Waals surface area contributed by atoms with Crippen molar-refractivity contribution in [1.29, 1.82) is 0 Å². The van der Waals surface area contributed by atoms with E-state index in [1.807, 2.05) is 12.1 Å². The van der Waals surface area contributed by atoms with E-state index in [0.29, 0.717) is 5.92 Å². The van der Waals surface area contributed by atoms with Crippen LogP contribution in [0.5, 0.6) is 0 Å². The van der Waals surface area contributed by atoms with Crippen LogP contribution in [0, 0.1) is 0 Å². The zero-order chi connectivity index (χ0) is 37.7. The molecule has 1 aliphatic heterocycles. The van der Waals surface area contributed by atoms with Gasteiger partial charge in [-0.05, 0) is 106 Å². The van der Waals surface area contributed by atoms with Crippen molar-refractivity contribution in [2.24, 2.45) is 0 Å². The van der Waals surface area contributed by atoms with Gasteiger partial charge in [0, 0.05) is 45.1 Å². The molecule has 3 nitrogen and oxygen atoms in total. The molecule has 2 unspecified atom stereocenters. The lowest BCUT2D eigenvalue weighted by molar-refractivity contribution is 0.669. The van der Waals surface area contributed by atoms with Crippen LogP contribution in [-0.4, -0.2) is 6.04 Å². The van der Waals surface area contributed by atoms with Crippen LogP contribution in [0.3, 0.4) is 0 Å². The Morgan fingerprint density at radius 2 is 1.02 bits per heavy atom. The number of nitrogens with zero attached hydrogens (tertiary/aromatic N) is 2. The van der Waals surface area contributed by atoms with Crippen molar-refractivity contribution in [3.05, 3.63) is 224 Å². The number of hydrogen-bond acceptors (Lipinski definition) is 3. The van der Waals surface area contributed by atoms with Gasteiger partial charge in [0.15, 0.2) is 0 Å². The standard InChI is InChI=1S/C54H38N2O/c1-2-12-37(13-3-1)38-24-30-42(31-25-38)55(44-34-28-40(29-35-44)46-19-11-23-53-54(46)49-18-6-9-22-52(49)57-53)43-32-26-39(27-33-43)41-14-10-15-45(36-41)56-50-20-7-4-16-47(50)48-17-5-8-21-51(48)56/h1-36,47,50H. The highest BCUT2D eigenvalue weighted by molar-refractivity contribution is 6.12. The molecule has 0 saturated heterocycles. The zero-order valence-electron chi connectivity index (χ0n) is 31.2. The van der Waals surface area contributed by atoms with Crippen molar-refractivity contribution in [3.63, 3.8) is 0 Å². The summed E-state index contributed by atoms with van der Waals surface area (Å²) < 4.78 is 6.23. The van der Waals surface area contributed by atoms with Crippen LogP contribution in [0.4, 0.5) is 28.4 Å². The highest BCUT2D eigenvalue weighted by atomic mass is 16.3. The Labute approximate surface area is 332 Å². The van der Waals surface area contributed by atoms with Gasteiger partial charge in [-0.1, -0.05) is 152 Å². The fourth-order valence-corrected chi connectivity index (χ4v) is 8.91. The van der Waals surface area contributed by atoms with Crippen molar-refractivity contribution in [3.8, 4) is 33.4 Å². The summed E-state index contributed by atoms with van der Waals surface area (Å²) >= 11 is 0. The molecule has 11 rings (SSSR count). The Morgan fingerprint density at radius 1 is 0.439 bits per heavy atom. The molecule has 270 valence electrons. The normalized spacial score (nSPS) is 15.5. The van der Waals surface area contributed by atoms with Crippen LogP contribution in [0.25, 0.3) is 55.3 Å². The molecule has 8 aromatic carbocycles. The molecule has 2 atom stereocenters. The van der Waals surface area contributed by atoms with E-state index in [4.69, 9.17) is 4.42 Å². The van der Waals surface area contributed by atoms with E-state index in [1.165, 1.54) is 44.8 Å². The fourth-order valence-electron chi connectivity index (χ4n) is 8.91. The number of allylic oxidation sites excluding steroid dienone is 2. The van der Waals surface area contributed by atoms with Gasteiger partial charge in [-0.3, -0.25) is 0 Å². The number of benzene rings is 8. The Hall–Kier alpha value is -7.36. The molecule has 1 aliphatic carbocycles. The Kier molecular flexibility index (Phi) is 7.96. The highest BCUT2D eigenvalue weighted by Crippen LogP contribution is 2.48. The van der Waals surface area contributed by atoms with E-state index in [1.54, 1.807) is 0 Å². The molecule has 0 spiro atoms. The molecule has 0 bridgehead atoms. The second-order valence-corrected chi connectivity index (χ2v) is 14.9. The first-order valence-corrected chi connectivity index (χ1v) is 19.7. The van der Waals surface area contributed by atoms with Gasteiger partial charge in [0.2, 0.25) is 0 Å². The van der Waals surface area contributed by atoms with Gasteiger partial charge in [0.1, 0.15) is 11.2 Å². The molecule has 0 saturated carbocycles. The summed E-state index contributed by atoms with van der Waals surface area (Å²) in [5.41, 5.74) is 16.0. The van der Waals surface area contributed by atoms with Gasteiger partial charge in [-0.15, -0.1) is 0 Å². The van der Waals surface area contributed by atoms with Crippen molar-refractivity contribution >= 4 is 50.4 Å². The predicted octanol–water partition coefficient (Wildman–Crippen LogP) is 14.8. The summed E-state index contributed by atoms with van der Waals surface area (Å²) in [6, 6.07) is 70.1. The van der Waals surface area contributed by atoms with E-state index in [0.717, 1.165) is 44.6 Å². The van der Waals surface area contributed by atoms with Gasteiger partial charge in [-0.2, -0.15) is 0 Å². The Morgan fingerprint density at radius 3 is 1.79 bits per heavy atom. The largest absolute Gasteiger partial charge is 0.456 e. The second kappa shape index (κ2) is 13.7. The number of para-hydroxylation sites is 2. The minimum Gasteiger partial charge on any atom is -0.456 e. The average Bonchev–Trinajstić information content (AvgIpc) is 3.84. The third-order valence-electron chi connectivity index (χ3n) is 11.6. The van der Waals surface area contributed by atoms with Gasteiger partial charge < -0.3 is 14.2 Å². The van der Waals surface area contributed by atoms with E-state index >= 15 is 0 Å². The molecule has 0 N–H and O–H groups in total. The molecule has 2 aliphatic rings. The number of anilines is 5. The quantitative estimate of drug-likeness (QED) is 0.163. The minimum absolute atomic E-state index is 0.269. The smallest absolute Gasteiger partial charge is 0.136 e. The van der Waals surface area contributed by atoms with E-state index in [-0.39, 0.29) is 6.04 Å². The summed E-state index contributed by atoms with van der Waals surface area (Å²) in [5, 5.41) is 2.28. The SMILES string of the molecule is C1=CC2c3ccccc3N(c3cccc(-c4ccc(N(c5ccc(-c6ccccc6)cc5)c5ccc(-c6cccc7oc8ccccc8c67)cc5)cc4)c3)C2C=C1. The van der Waals surface area contributed by atoms with Crippen LogP contribution < -0.4 is 9.80 Å². The molecule has 0 amide bonds. The van der Waals surface area contributed by atoms with E-state index in [2.05, 4.69) is 216 Å². The predicted molar refractivity (Wildman–Crippen MR) is 238 cm³/mol. The lowest BCUT2D eigenvalue weighted by atomic mass is 9.91. The Bertz CT molecular complexity index is 2960. The summed E-state index contributed by atoms with van der Waals surface area (Å²) in [5.74, 6) is 0.357. The lowest BCUT2D eigenvalue weighted by Gasteiger charge is -2.29. The molecule has 2 heterocycles. The molecular weight excluding hydrogens is 693 g/mol. The number of fused-ring (bicyclic) bond motifs is 6. The third kappa shape index (κ3) is 5.75. The molecule has 0 fully saturated rings. The van der Waals surface area contributed by atoms with E-state index in [9.17, 15) is 0 Å². The van der Waals surface area contributed by atoms with Crippen LogP contribution in [0.2, 0.25) is 0 Å². The van der Waals surface area contributed by atoms with Crippen LogP contribution in [0.1, 0.15) is 11.5 Å². The van der Waals surface area contributed by atoms with Crippen LogP contribution in [0.15, 0.2) is 223 Å². The summed E-state index contributed by atoms with van der Waals surface area (Å²) in [4.78, 5) is 4.84. The zero-order valence-corrected chi connectivity index (χ0v) is 31.2. The van der Waals surface area contributed by atoms with Gasteiger partial charge >= 0.3 is 0 Å². The molecule has 9 aromatic rings. The van der Waals surface area contributed by atoms with E-state index < -0.39 is 0 Å². The third-order valence-corrected chi connectivity index (χ3v) is 11.6. The van der Waals surface area contributed by atoms with Gasteiger partial charge in [0.25, 0.3) is 0 Å². The number of rotatable bonds is 7. The summed E-state index contributed by atoms with van der Waals surface area (Å²) in [6.07, 6.45) is 9.03. The topological polar surface area (TPSA) is 19.6 Å². The molecule has 0 radical (unpaired) electrons. The number of furan rings is 1. The van der Waals surface area contributed by atoms with Gasteiger partial charge in [0.05, 0.1) is 6.04 Å². The molecule has 1 aromatic heterocycles. The number of hydrogen-bond donors (Lipinski definition) is 0. The molecule has 3 heteroatoms. The molecule has 57 heavy (non-hydrogen) atoms. The maximum absolute atomic E-state index is 6.23. The fraction of sp³-hybridized carbons (Fsp3) is 0.0370. The first kappa shape index (κ1) is 33.0. The second-order valence-electron chi connectivity index (χ2n) is 14.9. The van der Waals surface area contributed by atoms with Crippen LogP contribution in [-0.2, 0) is 0 Å². The maximum Gasteiger partial charge on any atom is 0.136 e. The Balaban J connectivity index is 0.956. The first-order chi connectivity index (χ1) is 28.3. The van der Waals surface area contributed by atoms with Crippen molar-refractivity contribution in [1.82, 2.24) is 0 Å². The monoisotopic (exact) mass is 730 g/mol. The highest BCUT2D eigenvalue weighted by Gasteiger charge is 2.37. The van der Waals surface area contributed by atoms with Crippen molar-refractivity contribution in [2.45, 2.75) is 12.0 Å². The van der Waals surface area contributed by atoms with Gasteiger partial charge in [-0.25, -0.2) is 0 Å². The minimum atomic E-state index is 0.269. The van der Waals surface area contributed by atoms with Crippen LogP contribution >= 0.6 is 0 Å². The average molecular weight is 731 g/mol. The summed E-state index contributed by atoms with van der Waals surface area (Å²) in [7, 11) is 0. The van der Waals surface area contributed by atoms with Crippen molar-refractivity contribution in [2.75, 3.05) is 9.80 Å². The summed E-state index contributed by atoms with van der Waals surface area (Å²) in [6.45, 7) is 0.